The van der Waals surface area contributed by atoms with E-state index >= 15 is 0 Å². The van der Waals surface area contributed by atoms with Gasteiger partial charge in [-0.1, -0.05) is 37.3 Å². The van der Waals surface area contributed by atoms with Crippen molar-refractivity contribution < 1.29 is 14.7 Å². The van der Waals surface area contributed by atoms with Gasteiger partial charge in [0, 0.05) is 12.6 Å². The molecule has 2 N–H and O–H groups in total. The Morgan fingerprint density at radius 2 is 1.95 bits per heavy atom. The second-order valence-electron chi connectivity index (χ2n) is 5.10. The second-order valence-corrected chi connectivity index (χ2v) is 5.10. The molecule has 1 amide bonds. The van der Waals surface area contributed by atoms with Crippen LogP contribution in [0.1, 0.15) is 25.8 Å². The van der Waals surface area contributed by atoms with Crippen molar-refractivity contribution in [3.8, 4) is 0 Å². The molecule has 0 saturated carbocycles. The molecular formula is C16H24N2O3. The monoisotopic (exact) mass is 292 g/mol. The number of hydrogen-bond acceptors (Lipinski definition) is 3. The van der Waals surface area contributed by atoms with Crippen LogP contribution in [0.2, 0.25) is 0 Å². The van der Waals surface area contributed by atoms with Gasteiger partial charge in [-0.15, -0.1) is 0 Å². The van der Waals surface area contributed by atoms with E-state index in [1.807, 2.05) is 49.1 Å². The molecule has 0 aromatic heterocycles. The third-order valence-corrected chi connectivity index (χ3v) is 3.42. The van der Waals surface area contributed by atoms with Crippen molar-refractivity contribution in [3.63, 3.8) is 0 Å². The van der Waals surface area contributed by atoms with E-state index in [0.29, 0.717) is 13.1 Å². The van der Waals surface area contributed by atoms with E-state index in [9.17, 15) is 9.59 Å². The van der Waals surface area contributed by atoms with Crippen LogP contribution in [0, 0.1) is 0 Å². The largest absolute Gasteiger partial charge is 0.481 e. The van der Waals surface area contributed by atoms with E-state index < -0.39 is 5.97 Å². The Bertz CT molecular complexity index is 448. The van der Waals surface area contributed by atoms with Crippen molar-refractivity contribution in [1.29, 1.82) is 0 Å². The second kappa shape index (κ2) is 9.13. The molecule has 0 fully saturated rings. The molecule has 0 saturated heterocycles. The van der Waals surface area contributed by atoms with Crippen LogP contribution in [-0.4, -0.2) is 47.6 Å². The number of nitrogens with zero attached hydrogens (tertiary/aromatic N) is 1. The number of aliphatic carboxylic acids is 1. The van der Waals surface area contributed by atoms with Crippen molar-refractivity contribution in [2.75, 3.05) is 19.6 Å². The molecule has 5 nitrogen and oxygen atoms in total. The smallest absolute Gasteiger partial charge is 0.304 e. The summed E-state index contributed by atoms with van der Waals surface area (Å²) in [5.74, 6) is -0.907. The number of likely N-dealkylation sites (N-methyl/N-ethyl adjacent to an activating group) is 1. The SMILES string of the molecule is CCN(CC(=O)NCCc1ccccc1)C(C)CC(=O)O. The summed E-state index contributed by atoms with van der Waals surface area (Å²) in [5, 5.41) is 11.7. The highest BCUT2D eigenvalue weighted by molar-refractivity contribution is 5.78. The average molecular weight is 292 g/mol. The Hall–Kier alpha value is -1.88. The van der Waals surface area contributed by atoms with Crippen molar-refractivity contribution in [2.24, 2.45) is 0 Å². The maximum absolute atomic E-state index is 11.9. The Labute approximate surface area is 126 Å². The van der Waals surface area contributed by atoms with Crippen LogP contribution >= 0.6 is 0 Å². The van der Waals surface area contributed by atoms with Gasteiger partial charge in [-0.2, -0.15) is 0 Å². The quantitative estimate of drug-likeness (QED) is 0.724. The van der Waals surface area contributed by atoms with E-state index in [1.165, 1.54) is 5.56 Å². The minimum atomic E-state index is -0.842. The van der Waals surface area contributed by atoms with E-state index in [1.54, 1.807) is 0 Å². The van der Waals surface area contributed by atoms with Crippen LogP contribution in [0.5, 0.6) is 0 Å². The van der Waals surface area contributed by atoms with E-state index in [2.05, 4.69) is 5.32 Å². The third kappa shape index (κ3) is 6.90. The molecule has 0 spiro atoms. The zero-order valence-electron chi connectivity index (χ0n) is 12.7. The summed E-state index contributed by atoms with van der Waals surface area (Å²) in [5.41, 5.74) is 1.18. The first kappa shape index (κ1) is 17.2. The van der Waals surface area contributed by atoms with Crippen LogP contribution < -0.4 is 5.32 Å². The first-order valence-corrected chi connectivity index (χ1v) is 7.29. The van der Waals surface area contributed by atoms with Gasteiger partial charge in [0.1, 0.15) is 0 Å². The van der Waals surface area contributed by atoms with Gasteiger partial charge in [-0.25, -0.2) is 0 Å². The molecule has 0 aliphatic rings. The van der Waals surface area contributed by atoms with Gasteiger partial charge >= 0.3 is 5.97 Å². The summed E-state index contributed by atoms with van der Waals surface area (Å²) in [6, 6.07) is 9.82. The van der Waals surface area contributed by atoms with Crippen LogP contribution in [0.4, 0.5) is 0 Å². The van der Waals surface area contributed by atoms with Crippen LogP contribution in [0.15, 0.2) is 30.3 Å². The number of hydrogen-bond donors (Lipinski definition) is 2. The topological polar surface area (TPSA) is 69.6 Å². The highest BCUT2D eigenvalue weighted by atomic mass is 16.4. The molecule has 1 unspecified atom stereocenters. The average Bonchev–Trinajstić information content (AvgIpc) is 2.45. The predicted octanol–water partition coefficient (Wildman–Crippen LogP) is 1.53. The summed E-state index contributed by atoms with van der Waals surface area (Å²) < 4.78 is 0. The summed E-state index contributed by atoms with van der Waals surface area (Å²) in [6.45, 7) is 5.23. The number of carboxylic acid groups (broad SMARTS) is 1. The summed E-state index contributed by atoms with van der Waals surface area (Å²) in [7, 11) is 0. The number of carbonyl (C=O) groups excluding carboxylic acids is 1. The van der Waals surface area contributed by atoms with Gasteiger partial charge in [0.2, 0.25) is 5.91 Å². The molecule has 0 heterocycles. The molecule has 1 rings (SSSR count). The third-order valence-electron chi connectivity index (χ3n) is 3.42. The fourth-order valence-corrected chi connectivity index (χ4v) is 2.19. The highest BCUT2D eigenvalue weighted by Gasteiger charge is 2.17. The molecule has 0 aliphatic heterocycles. The molecule has 1 aromatic rings. The van der Waals surface area contributed by atoms with Crippen molar-refractivity contribution in [2.45, 2.75) is 32.7 Å². The summed E-state index contributed by atoms with van der Waals surface area (Å²) in [6.07, 6.45) is 0.842. The molecule has 5 heteroatoms. The van der Waals surface area contributed by atoms with Crippen LogP contribution in [0.3, 0.4) is 0 Å². The lowest BCUT2D eigenvalue weighted by Crippen LogP contribution is -2.43. The lowest BCUT2D eigenvalue weighted by Gasteiger charge is -2.25. The van der Waals surface area contributed by atoms with Crippen molar-refractivity contribution in [3.05, 3.63) is 35.9 Å². The maximum Gasteiger partial charge on any atom is 0.304 e. The van der Waals surface area contributed by atoms with Gasteiger partial charge in [-0.05, 0) is 25.5 Å². The summed E-state index contributed by atoms with van der Waals surface area (Å²) >= 11 is 0. The minimum absolute atomic E-state index is 0.0468. The summed E-state index contributed by atoms with van der Waals surface area (Å²) in [4.78, 5) is 24.5. The van der Waals surface area contributed by atoms with Gasteiger partial charge in [0.05, 0.1) is 13.0 Å². The van der Waals surface area contributed by atoms with Crippen molar-refractivity contribution >= 4 is 11.9 Å². The van der Waals surface area contributed by atoms with Gasteiger partial charge < -0.3 is 10.4 Å². The number of amides is 1. The maximum atomic E-state index is 11.9. The lowest BCUT2D eigenvalue weighted by atomic mass is 10.1. The van der Waals surface area contributed by atoms with E-state index in [0.717, 1.165) is 6.42 Å². The zero-order chi connectivity index (χ0) is 15.7. The van der Waals surface area contributed by atoms with Gasteiger partial charge in [-0.3, -0.25) is 14.5 Å². The number of rotatable bonds is 9. The fourth-order valence-electron chi connectivity index (χ4n) is 2.19. The van der Waals surface area contributed by atoms with Gasteiger partial charge in [0.25, 0.3) is 0 Å². The Morgan fingerprint density at radius 3 is 2.52 bits per heavy atom. The molecule has 1 atom stereocenters. The van der Waals surface area contributed by atoms with Crippen molar-refractivity contribution in [1.82, 2.24) is 10.2 Å². The lowest BCUT2D eigenvalue weighted by molar-refractivity contribution is -0.138. The molecular weight excluding hydrogens is 268 g/mol. The number of carbonyl (C=O) groups is 2. The predicted molar refractivity (Wildman–Crippen MR) is 82.1 cm³/mol. The number of carboxylic acids is 1. The Balaban J connectivity index is 2.32. The van der Waals surface area contributed by atoms with Crippen LogP contribution in [-0.2, 0) is 16.0 Å². The molecule has 0 radical (unpaired) electrons. The highest BCUT2D eigenvalue weighted by Crippen LogP contribution is 2.03. The molecule has 21 heavy (non-hydrogen) atoms. The number of nitrogens with one attached hydrogen (secondary N) is 1. The Kier molecular flexibility index (Phi) is 7.46. The molecule has 0 bridgehead atoms. The zero-order valence-corrected chi connectivity index (χ0v) is 12.7. The molecule has 116 valence electrons. The van der Waals surface area contributed by atoms with Crippen LogP contribution in [0.25, 0.3) is 0 Å². The minimum Gasteiger partial charge on any atom is -0.481 e. The van der Waals surface area contributed by atoms with Gasteiger partial charge in [0.15, 0.2) is 0 Å². The number of benzene rings is 1. The first-order chi connectivity index (χ1) is 10.0. The standard InChI is InChI=1S/C16H24N2O3/c1-3-18(13(2)11-16(20)21)12-15(19)17-10-9-14-7-5-4-6-8-14/h4-8,13H,3,9-12H2,1-2H3,(H,17,19)(H,20,21). The normalized spacial score (nSPS) is 12.1. The van der Waals surface area contributed by atoms with E-state index in [-0.39, 0.29) is 24.9 Å². The fraction of sp³-hybridized carbons (Fsp3) is 0.500. The Morgan fingerprint density at radius 1 is 1.29 bits per heavy atom. The first-order valence-electron chi connectivity index (χ1n) is 7.29. The van der Waals surface area contributed by atoms with E-state index in [4.69, 9.17) is 5.11 Å². The molecule has 1 aromatic carbocycles. The molecule has 0 aliphatic carbocycles.